The lowest BCUT2D eigenvalue weighted by Crippen LogP contribution is -2.36. The molecule has 0 aliphatic carbocycles. The van der Waals surface area contributed by atoms with E-state index in [1.807, 2.05) is 32.0 Å². The third kappa shape index (κ3) is 6.56. The van der Waals surface area contributed by atoms with E-state index in [0.29, 0.717) is 25.1 Å². The number of aryl methyl sites for hydroxylation is 2. The predicted molar refractivity (Wildman–Crippen MR) is 117 cm³/mol. The van der Waals surface area contributed by atoms with Crippen LogP contribution in [0.5, 0.6) is 5.75 Å². The summed E-state index contributed by atoms with van der Waals surface area (Å²) in [4.78, 5) is 15.0. The largest absolute Gasteiger partial charge is 0.493 e. The van der Waals surface area contributed by atoms with Gasteiger partial charge in [-0.25, -0.2) is 9.18 Å². The lowest BCUT2D eigenvalue weighted by molar-refractivity contribution is 0.0146. The Morgan fingerprint density at radius 3 is 2.27 bits per heavy atom. The first-order valence-corrected chi connectivity index (χ1v) is 10.9. The van der Waals surface area contributed by atoms with Crippen molar-refractivity contribution in [3.05, 3.63) is 65.0 Å². The van der Waals surface area contributed by atoms with E-state index in [9.17, 15) is 9.18 Å². The van der Waals surface area contributed by atoms with Crippen LogP contribution in [0.15, 0.2) is 42.5 Å². The molecule has 0 spiro atoms. The lowest BCUT2D eigenvalue weighted by Gasteiger charge is -2.26. The average molecular weight is 414 g/mol. The number of rotatable bonds is 8. The normalized spacial score (nSPS) is 16.0. The van der Waals surface area contributed by atoms with E-state index < -0.39 is 5.97 Å². The molecule has 0 N–H and O–H groups in total. The van der Waals surface area contributed by atoms with Crippen molar-refractivity contribution in [2.45, 2.75) is 52.1 Å². The van der Waals surface area contributed by atoms with Gasteiger partial charge in [0, 0.05) is 13.0 Å². The number of esters is 1. The van der Waals surface area contributed by atoms with Crippen molar-refractivity contribution in [2.24, 2.45) is 0 Å². The molecule has 162 valence electrons. The van der Waals surface area contributed by atoms with Crippen molar-refractivity contribution in [1.82, 2.24) is 4.90 Å². The van der Waals surface area contributed by atoms with Gasteiger partial charge in [0.25, 0.3) is 0 Å². The summed E-state index contributed by atoms with van der Waals surface area (Å²) in [5.41, 5.74) is 2.57. The number of carbonyl (C=O) groups is 1. The molecule has 2 aromatic rings. The van der Waals surface area contributed by atoms with Crippen molar-refractivity contribution < 1.29 is 18.7 Å². The Hall–Kier alpha value is -2.40. The predicted octanol–water partition coefficient (Wildman–Crippen LogP) is 5.31. The fourth-order valence-corrected chi connectivity index (χ4v) is 3.92. The summed E-state index contributed by atoms with van der Waals surface area (Å²) < 4.78 is 25.1. The smallest absolute Gasteiger partial charge is 0.338 e. The molecule has 1 atom stereocenters. The second-order valence-electron chi connectivity index (χ2n) is 8.11. The molecular weight excluding hydrogens is 381 g/mol. The van der Waals surface area contributed by atoms with Crippen LogP contribution in [0.4, 0.5) is 4.39 Å². The van der Waals surface area contributed by atoms with Crippen molar-refractivity contribution in [3.63, 3.8) is 0 Å². The number of ether oxygens (including phenoxy) is 2. The second-order valence-corrected chi connectivity index (χ2v) is 8.11. The van der Waals surface area contributed by atoms with Gasteiger partial charge in [-0.05, 0) is 75.2 Å². The molecule has 0 amide bonds. The molecule has 0 radical (unpaired) electrons. The van der Waals surface area contributed by atoms with E-state index >= 15 is 0 Å². The van der Waals surface area contributed by atoms with E-state index in [4.69, 9.17) is 9.47 Å². The summed E-state index contributed by atoms with van der Waals surface area (Å²) in [7, 11) is 0. The molecule has 0 bridgehead atoms. The Bertz CT molecular complexity index is 793. The summed E-state index contributed by atoms with van der Waals surface area (Å²) in [6, 6.07) is 11.6. The minimum Gasteiger partial charge on any atom is -0.493 e. The zero-order valence-corrected chi connectivity index (χ0v) is 18.0. The molecule has 1 heterocycles. The van der Waals surface area contributed by atoms with Crippen LogP contribution >= 0.6 is 0 Å². The Morgan fingerprint density at radius 1 is 1.00 bits per heavy atom. The summed E-state index contributed by atoms with van der Waals surface area (Å²) in [6.45, 7) is 7.30. The van der Waals surface area contributed by atoms with E-state index in [1.165, 1.54) is 49.9 Å². The van der Waals surface area contributed by atoms with Gasteiger partial charge in [-0.15, -0.1) is 0 Å². The Labute approximate surface area is 179 Å². The van der Waals surface area contributed by atoms with Crippen molar-refractivity contribution in [3.8, 4) is 5.75 Å². The van der Waals surface area contributed by atoms with Crippen molar-refractivity contribution >= 4 is 5.97 Å². The molecule has 0 saturated carbocycles. The van der Waals surface area contributed by atoms with Gasteiger partial charge >= 0.3 is 5.97 Å². The van der Waals surface area contributed by atoms with E-state index in [0.717, 1.165) is 30.0 Å². The van der Waals surface area contributed by atoms with Gasteiger partial charge < -0.3 is 9.47 Å². The maximum absolute atomic E-state index is 13.2. The van der Waals surface area contributed by atoms with E-state index in [1.54, 1.807) is 0 Å². The van der Waals surface area contributed by atoms with Gasteiger partial charge in [0.05, 0.1) is 12.2 Å². The number of hydrogen-bond acceptors (Lipinski definition) is 4. The highest BCUT2D eigenvalue weighted by atomic mass is 19.1. The molecule has 1 aliphatic rings. The quantitative estimate of drug-likeness (QED) is 0.550. The Kier molecular flexibility index (Phi) is 8.26. The van der Waals surface area contributed by atoms with Crippen LogP contribution in [0.2, 0.25) is 0 Å². The van der Waals surface area contributed by atoms with Gasteiger partial charge in [-0.3, -0.25) is 4.90 Å². The van der Waals surface area contributed by atoms with Gasteiger partial charge in [-0.2, -0.15) is 0 Å². The van der Waals surface area contributed by atoms with Crippen LogP contribution in [0.1, 0.15) is 53.6 Å². The summed E-state index contributed by atoms with van der Waals surface area (Å²) in [5.74, 6) is 0.118. The van der Waals surface area contributed by atoms with Crippen LogP contribution < -0.4 is 4.74 Å². The topological polar surface area (TPSA) is 38.8 Å². The monoisotopic (exact) mass is 413 g/mol. The third-order valence-corrected chi connectivity index (χ3v) is 5.61. The van der Waals surface area contributed by atoms with Gasteiger partial charge in [0.1, 0.15) is 17.7 Å². The number of nitrogens with zero attached hydrogens (tertiary/aromatic N) is 1. The molecule has 1 fully saturated rings. The van der Waals surface area contributed by atoms with Crippen LogP contribution in [0.25, 0.3) is 0 Å². The second kappa shape index (κ2) is 11.1. The van der Waals surface area contributed by atoms with Crippen LogP contribution in [0.3, 0.4) is 0 Å². The molecule has 5 heteroatoms. The minimum absolute atomic E-state index is 0.273. The Balaban J connectivity index is 1.63. The number of likely N-dealkylation sites (tertiary alicyclic amines) is 1. The highest BCUT2D eigenvalue weighted by molar-refractivity contribution is 5.89. The molecule has 1 aliphatic heterocycles. The molecular formula is C25H32FNO3. The SMILES string of the molecule is Cc1cccc(C)c1OCC[C@@H](CN1CCCCCC1)OC(=O)c1ccc(F)cc1. The molecule has 2 aromatic carbocycles. The van der Waals surface area contributed by atoms with Gasteiger partial charge in [-0.1, -0.05) is 31.0 Å². The summed E-state index contributed by atoms with van der Waals surface area (Å²) >= 11 is 0. The van der Waals surface area contributed by atoms with E-state index in [-0.39, 0.29) is 11.9 Å². The number of halogens is 1. The standard InChI is InChI=1S/C25H32FNO3/c1-19-8-7-9-20(2)24(19)29-17-14-23(18-27-15-5-3-4-6-16-27)30-25(28)21-10-12-22(26)13-11-21/h7-13,23H,3-6,14-18H2,1-2H3/t23-/m0/s1. The summed E-state index contributed by atoms with van der Waals surface area (Å²) in [6.07, 6.45) is 5.20. The molecule has 3 rings (SSSR count). The minimum atomic E-state index is -0.415. The van der Waals surface area contributed by atoms with Crippen LogP contribution in [-0.2, 0) is 4.74 Å². The van der Waals surface area contributed by atoms with E-state index in [2.05, 4.69) is 4.90 Å². The first-order valence-electron chi connectivity index (χ1n) is 10.9. The maximum Gasteiger partial charge on any atom is 0.338 e. The fourth-order valence-electron chi connectivity index (χ4n) is 3.92. The van der Waals surface area contributed by atoms with Crippen molar-refractivity contribution in [2.75, 3.05) is 26.2 Å². The van der Waals surface area contributed by atoms with Crippen LogP contribution in [-0.4, -0.2) is 43.2 Å². The number of benzene rings is 2. The van der Waals surface area contributed by atoms with Gasteiger partial charge in [0.2, 0.25) is 0 Å². The number of carbonyl (C=O) groups excluding carboxylic acids is 1. The molecule has 4 nitrogen and oxygen atoms in total. The van der Waals surface area contributed by atoms with Crippen LogP contribution in [0, 0.1) is 19.7 Å². The fraction of sp³-hybridized carbons (Fsp3) is 0.480. The molecule has 30 heavy (non-hydrogen) atoms. The number of para-hydroxylation sites is 1. The van der Waals surface area contributed by atoms with Crippen molar-refractivity contribution in [1.29, 1.82) is 0 Å². The molecule has 0 aromatic heterocycles. The highest BCUT2D eigenvalue weighted by Crippen LogP contribution is 2.23. The maximum atomic E-state index is 13.2. The Morgan fingerprint density at radius 2 is 1.63 bits per heavy atom. The molecule has 0 unspecified atom stereocenters. The number of hydrogen-bond donors (Lipinski definition) is 0. The first kappa shape index (κ1) is 22.3. The zero-order valence-electron chi connectivity index (χ0n) is 18.0. The van der Waals surface area contributed by atoms with Gasteiger partial charge in [0.15, 0.2) is 0 Å². The first-order chi connectivity index (χ1) is 14.5. The summed E-state index contributed by atoms with van der Waals surface area (Å²) in [5, 5.41) is 0. The lowest BCUT2D eigenvalue weighted by atomic mass is 10.1. The third-order valence-electron chi connectivity index (χ3n) is 5.61. The zero-order chi connectivity index (χ0) is 21.3. The molecule has 1 saturated heterocycles. The highest BCUT2D eigenvalue weighted by Gasteiger charge is 2.21. The average Bonchev–Trinajstić information content (AvgIpc) is 2.99.